The van der Waals surface area contributed by atoms with Crippen molar-refractivity contribution in [1.82, 2.24) is 25.5 Å². The minimum absolute atomic E-state index is 0.0837. The van der Waals surface area contributed by atoms with Crippen molar-refractivity contribution in [2.24, 2.45) is 0 Å². The van der Waals surface area contributed by atoms with E-state index in [-0.39, 0.29) is 18.5 Å². The largest absolute Gasteiger partial charge is 0.350 e. The van der Waals surface area contributed by atoms with Crippen LogP contribution in [0.15, 0.2) is 84.9 Å². The minimum Gasteiger partial charge on any atom is -0.350 e. The van der Waals surface area contributed by atoms with Crippen molar-refractivity contribution >= 4 is 29.2 Å². The second-order valence-corrected chi connectivity index (χ2v) is 8.56. The maximum absolute atomic E-state index is 13.0. The highest BCUT2D eigenvalue weighted by atomic mass is 35.5. The molecule has 0 bridgehead atoms. The zero-order valence-electron chi connectivity index (χ0n) is 18.6. The van der Waals surface area contributed by atoms with Crippen molar-refractivity contribution in [1.29, 1.82) is 0 Å². The number of aromatic nitrogens is 4. The fourth-order valence-electron chi connectivity index (χ4n) is 4.08. The number of tetrazole rings is 1. The molecule has 34 heavy (non-hydrogen) atoms. The van der Waals surface area contributed by atoms with Gasteiger partial charge in [-0.25, -0.2) is 0 Å². The van der Waals surface area contributed by atoms with Crippen LogP contribution in [-0.2, 0) is 11.3 Å². The molecule has 0 spiro atoms. The molecule has 0 saturated heterocycles. The first-order valence-electron chi connectivity index (χ1n) is 11.0. The second kappa shape index (κ2) is 9.49. The van der Waals surface area contributed by atoms with Gasteiger partial charge in [-0.05, 0) is 57.8 Å². The van der Waals surface area contributed by atoms with E-state index in [0.29, 0.717) is 17.5 Å². The normalized spacial score (nSPS) is 14.9. The number of anilines is 1. The topological polar surface area (TPSA) is 75.9 Å². The summed E-state index contributed by atoms with van der Waals surface area (Å²) in [6, 6.07) is 25.3. The summed E-state index contributed by atoms with van der Waals surface area (Å²) in [6.45, 7) is 2.58. The fourth-order valence-corrected chi connectivity index (χ4v) is 4.21. The number of aryl methyl sites for hydroxylation is 1. The van der Waals surface area contributed by atoms with Gasteiger partial charge in [0.15, 0.2) is 0 Å². The van der Waals surface area contributed by atoms with Gasteiger partial charge >= 0.3 is 0 Å². The molecular weight excluding hydrogens is 448 g/mol. The Balaban J connectivity index is 1.47. The van der Waals surface area contributed by atoms with E-state index >= 15 is 0 Å². The van der Waals surface area contributed by atoms with E-state index in [1.807, 2.05) is 90.7 Å². The molecule has 2 heterocycles. The first-order chi connectivity index (χ1) is 16.6. The predicted octanol–water partition coefficient (Wildman–Crippen LogP) is 4.40. The Bertz CT molecular complexity index is 1330. The number of fused-ring (bicyclic) bond motifs is 1. The van der Waals surface area contributed by atoms with Crippen LogP contribution in [0.3, 0.4) is 0 Å². The molecule has 0 aliphatic carbocycles. The van der Waals surface area contributed by atoms with Crippen LogP contribution in [0.4, 0.5) is 5.95 Å². The number of nitrogens with zero attached hydrogens (tertiary/aromatic N) is 5. The predicted molar refractivity (Wildman–Crippen MR) is 132 cm³/mol. The summed E-state index contributed by atoms with van der Waals surface area (Å²) in [5.41, 5.74) is 5.06. The third-order valence-corrected chi connectivity index (χ3v) is 6.16. The van der Waals surface area contributed by atoms with E-state index in [9.17, 15) is 4.79 Å². The van der Waals surface area contributed by atoms with Gasteiger partial charge in [0.2, 0.25) is 5.91 Å². The molecule has 1 aliphatic rings. The Morgan fingerprint density at radius 3 is 2.50 bits per heavy atom. The summed E-state index contributed by atoms with van der Waals surface area (Å²) in [5, 5.41) is 16.1. The molecule has 0 fully saturated rings. The number of carbonyl (C=O) groups is 1. The molecule has 7 nitrogen and oxygen atoms in total. The lowest BCUT2D eigenvalue weighted by atomic mass is 10.0. The van der Waals surface area contributed by atoms with Crippen LogP contribution in [-0.4, -0.2) is 32.7 Å². The van der Waals surface area contributed by atoms with Gasteiger partial charge in [0.05, 0.1) is 5.70 Å². The Morgan fingerprint density at radius 2 is 1.74 bits per heavy atom. The molecule has 0 saturated carbocycles. The molecule has 4 aromatic rings. The van der Waals surface area contributed by atoms with E-state index in [0.717, 1.165) is 28.0 Å². The summed E-state index contributed by atoms with van der Waals surface area (Å²) >= 11 is 6.10. The molecule has 3 aromatic carbocycles. The maximum Gasteiger partial charge on any atom is 0.251 e. The number of hydrogen-bond acceptors (Lipinski definition) is 5. The van der Waals surface area contributed by atoms with Gasteiger partial charge in [0.1, 0.15) is 12.6 Å². The summed E-state index contributed by atoms with van der Waals surface area (Å²) in [6.07, 6.45) is 2.08. The number of benzene rings is 3. The number of allylic oxidation sites excluding steroid dienone is 1. The number of rotatable bonds is 6. The number of amides is 1. The lowest BCUT2D eigenvalue weighted by Gasteiger charge is -2.32. The SMILES string of the molecule is Cc1ccccc1CNC(=O)CN1C(c2ccccc2)=C[C@H](c2ccc(Cl)cc2)n2nnnc21. The van der Waals surface area contributed by atoms with Gasteiger partial charge in [0.25, 0.3) is 5.95 Å². The number of nitrogens with one attached hydrogen (secondary N) is 1. The van der Waals surface area contributed by atoms with Gasteiger partial charge in [-0.1, -0.05) is 83.4 Å². The van der Waals surface area contributed by atoms with Crippen LogP contribution in [0.1, 0.15) is 28.3 Å². The Labute approximate surface area is 202 Å². The third kappa shape index (κ3) is 4.43. The van der Waals surface area contributed by atoms with Crippen molar-refractivity contribution < 1.29 is 4.79 Å². The quantitative estimate of drug-likeness (QED) is 0.452. The molecule has 1 N–H and O–H groups in total. The summed E-state index contributed by atoms with van der Waals surface area (Å²) in [4.78, 5) is 14.9. The summed E-state index contributed by atoms with van der Waals surface area (Å²) in [7, 11) is 0. The van der Waals surface area contributed by atoms with E-state index in [1.54, 1.807) is 4.68 Å². The van der Waals surface area contributed by atoms with Crippen LogP contribution in [0.5, 0.6) is 0 Å². The second-order valence-electron chi connectivity index (χ2n) is 8.13. The van der Waals surface area contributed by atoms with Gasteiger partial charge in [-0.3, -0.25) is 9.69 Å². The van der Waals surface area contributed by atoms with E-state index in [4.69, 9.17) is 11.6 Å². The molecule has 0 radical (unpaired) electrons. The number of halogens is 1. The molecule has 1 amide bonds. The van der Waals surface area contributed by atoms with Gasteiger partial charge in [0, 0.05) is 11.6 Å². The van der Waals surface area contributed by atoms with Gasteiger partial charge in [-0.15, -0.1) is 0 Å². The molecule has 1 aromatic heterocycles. The molecule has 8 heteroatoms. The standard InChI is InChI=1S/C26H23ClN6O/c1-18-7-5-6-10-21(18)16-28-25(34)17-32-23(19-8-3-2-4-9-19)15-24(33-26(32)29-30-31-33)20-11-13-22(27)14-12-20/h2-15,24H,16-17H2,1H3,(H,28,34)/t24-/m1/s1. The monoisotopic (exact) mass is 470 g/mol. The average Bonchev–Trinajstić information content (AvgIpc) is 3.35. The Kier molecular flexibility index (Phi) is 6.10. The lowest BCUT2D eigenvalue weighted by Crippen LogP contribution is -2.40. The number of carbonyl (C=O) groups excluding carboxylic acids is 1. The summed E-state index contributed by atoms with van der Waals surface area (Å²) < 4.78 is 1.73. The first-order valence-corrected chi connectivity index (χ1v) is 11.4. The van der Waals surface area contributed by atoms with E-state index in [2.05, 4.69) is 26.9 Å². The van der Waals surface area contributed by atoms with Crippen molar-refractivity contribution in [2.75, 3.05) is 11.4 Å². The van der Waals surface area contributed by atoms with Crippen molar-refractivity contribution in [3.63, 3.8) is 0 Å². The minimum atomic E-state index is -0.233. The van der Waals surface area contributed by atoms with Crippen LogP contribution >= 0.6 is 11.6 Å². The Hall–Kier alpha value is -3.97. The zero-order chi connectivity index (χ0) is 23.5. The van der Waals surface area contributed by atoms with E-state index in [1.165, 1.54) is 0 Å². The summed E-state index contributed by atoms with van der Waals surface area (Å²) in [5.74, 6) is 0.386. The third-order valence-electron chi connectivity index (χ3n) is 5.91. The number of hydrogen-bond donors (Lipinski definition) is 1. The highest BCUT2D eigenvalue weighted by Crippen LogP contribution is 2.36. The Morgan fingerprint density at radius 1 is 1.00 bits per heavy atom. The molecular formula is C26H23ClN6O. The average molecular weight is 471 g/mol. The van der Waals surface area contributed by atoms with Gasteiger partial charge < -0.3 is 5.32 Å². The highest BCUT2D eigenvalue weighted by molar-refractivity contribution is 6.30. The molecule has 0 unspecified atom stereocenters. The van der Waals surface area contributed by atoms with Gasteiger partial charge in [-0.2, -0.15) is 4.68 Å². The molecule has 5 rings (SSSR count). The lowest BCUT2D eigenvalue weighted by molar-refractivity contribution is -0.119. The van der Waals surface area contributed by atoms with Crippen LogP contribution in [0, 0.1) is 6.92 Å². The maximum atomic E-state index is 13.0. The van der Waals surface area contributed by atoms with Crippen LogP contribution in [0.2, 0.25) is 5.02 Å². The first kappa shape index (κ1) is 21.9. The molecule has 170 valence electrons. The van der Waals surface area contributed by atoms with Crippen LogP contribution < -0.4 is 10.2 Å². The van der Waals surface area contributed by atoms with E-state index < -0.39 is 0 Å². The molecule has 1 aliphatic heterocycles. The molecule has 1 atom stereocenters. The van der Waals surface area contributed by atoms with Crippen molar-refractivity contribution in [2.45, 2.75) is 19.5 Å². The fraction of sp³-hybridized carbons (Fsp3) is 0.154. The smallest absolute Gasteiger partial charge is 0.251 e. The zero-order valence-corrected chi connectivity index (χ0v) is 19.4. The highest BCUT2D eigenvalue weighted by Gasteiger charge is 2.31. The van der Waals surface area contributed by atoms with Crippen LogP contribution in [0.25, 0.3) is 5.70 Å². The van der Waals surface area contributed by atoms with Crippen molar-refractivity contribution in [3.8, 4) is 0 Å². The van der Waals surface area contributed by atoms with Crippen molar-refractivity contribution in [3.05, 3.63) is 112 Å².